The van der Waals surface area contributed by atoms with Crippen LogP contribution in [0.5, 0.6) is 0 Å². The lowest BCUT2D eigenvalue weighted by molar-refractivity contribution is -0.150. The summed E-state index contributed by atoms with van der Waals surface area (Å²) in [6, 6.07) is -0.220. The number of carbonyl (C=O) groups excluding carboxylic acids is 3. The Labute approximate surface area is 124 Å². The van der Waals surface area contributed by atoms with Crippen molar-refractivity contribution < 1.29 is 19.1 Å². The molecule has 0 unspecified atom stereocenters. The Balaban J connectivity index is 1.90. The van der Waals surface area contributed by atoms with Gasteiger partial charge in [0, 0.05) is 45.9 Å². The van der Waals surface area contributed by atoms with Crippen LogP contribution in [0.25, 0.3) is 0 Å². The Morgan fingerprint density at radius 2 is 1.62 bits per heavy atom. The molecule has 1 saturated carbocycles. The van der Waals surface area contributed by atoms with E-state index in [1.165, 1.54) is 6.92 Å². The fourth-order valence-corrected chi connectivity index (χ4v) is 2.99. The molecule has 118 valence electrons. The van der Waals surface area contributed by atoms with Gasteiger partial charge in [-0.2, -0.15) is 0 Å². The second-order valence-corrected chi connectivity index (χ2v) is 5.69. The third-order valence-electron chi connectivity index (χ3n) is 4.28. The highest BCUT2D eigenvalue weighted by Crippen LogP contribution is 2.29. The van der Waals surface area contributed by atoms with Crippen molar-refractivity contribution in [1.82, 2.24) is 15.1 Å². The lowest BCUT2D eigenvalue weighted by atomic mass is 9.91. The Kier molecular flexibility index (Phi) is 5.03. The highest BCUT2D eigenvalue weighted by molar-refractivity contribution is 5.76. The van der Waals surface area contributed by atoms with Gasteiger partial charge in [0.2, 0.25) is 5.91 Å². The Morgan fingerprint density at radius 1 is 1.05 bits per heavy atom. The molecule has 2 aliphatic rings. The van der Waals surface area contributed by atoms with E-state index < -0.39 is 5.72 Å². The van der Waals surface area contributed by atoms with Crippen molar-refractivity contribution in [2.24, 2.45) is 0 Å². The average molecular weight is 297 g/mol. The van der Waals surface area contributed by atoms with Gasteiger partial charge in [0.25, 0.3) is 6.47 Å². The van der Waals surface area contributed by atoms with Gasteiger partial charge in [0.1, 0.15) is 0 Å². The van der Waals surface area contributed by atoms with Gasteiger partial charge >= 0.3 is 6.03 Å². The van der Waals surface area contributed by atoms with Gasteiger partial charge in [0.15, 0.2) is 5.72 Å². The molecule has 3 amide bonds. The molecular formula is C14H23N3O4. The molecule has 1 N–H and O–H groups in total. The summed E-state index contributed by atoms with van der Waals surface area (Å²) in [5.74, 6) is 0.0306. The molecule has 2 rings (SSSR count). The first-order valence-corrected chi connectivity index (χ1v) is 7.50. The van der Waals surface area contributed by atoms with Crippen molar-refractivity contribution in [2.75, 3.05) is 26.2 Å². The van der Waals surface area contributed by atoms with E-state index in [4.69, 9.17) is 4.74 Å². The van der Waals surface area contributed by atoms with Gasteiger partial charge in [-0.25, -0.2) is 4.79 Å². The Hall–Kier alpha value is -1.79. The van der Waals surface area contributed by atoms with Gasteiger partial charge in [0.05, 0.1) is 0 Å². The number of rotatable bonds is 3. The topological polar surface area (TPSA) is 79.0 Å². The van der Waals surface area contributed by atoms with E-state index >= 15 is 0 Å². The minimum absolute atomic E-state index is 0.0306. The molecule has 21 heavy (non-hydrogen) atoms. The van der Waals surface area contributed by atoms with E-state index in [0.717, 1.165) is 19.3 Å². The minimum atomic E-state index is -0.852. The normalized spacial score (nSPS) is 21.6. The van der Waals surface area contributed by atoms with Crippen LogP contribution in [0.1, 0.15) is 39.0 Å². The van der Waals surface area contributed by atoms with Crippen LogP contribution in [-0.2, 0) is 14.3 Å². The summed E-state index contributed by atoms with van der Waals surface area (Å²) in [7, 11) is 0. The maximum Gasteiger partial charge on any atom is 0.320 e. The average Bonchev–Trinajstić information content (AvgIpc) is 2.48. The lowest BCUT2D eigenvalue weighted by Crippen LogP contribution is -2.59. The van der Waals surface area contributed by atoms with Crippen LogP contribution >= 0.6 is 0 Å². The molecule has 0 spiro atoms. The van der Waals surface area contributed by atoms with Crippen molar-refractivity contribution in [3.8, 4) is 0 Å². The zero-order valence-corrected chi connectivity index (χ0v) is 12.5. The Morgan fingerprint density at radius 3 is 2.14 bits per heavy atom. The molecule has 0 atom stereocenters. The number of carbonyl (C=O) groups is 3. The maximum atomic E-state index is 12.3. The number of ether oxygens (including phenoxy) is 1. The van der Waals surface area contributed by atoms with Crippen LogP contribution in [0.3, 0.4) is 0 Å². The number of nitrogens with zero attached hydrogens (tertiary/aromatic N) is 2. The van der Waals surface area contributed by atoms with Crippen LogP contribution in [0.15, 0.2) is 0 Å². The van der Waals surface area contributed by atoms with Crippen molar-refractivity contribution in [3.05, 3.63) is 0 Å². The highest BCUT2D eigenvalue weighted by atomic mass is 16.6. The Bertz CT molecular complexity index is 399. The van der Waals surface area contributed by atoms with E-state index in [9.17, 15) is 14.4 Å². The minimum Gasteiger partial charge on any atom is -0.441 e. The first kappa shape index (κ1) is 15.6. The first-order chi connectivity index (χ1) is 10.1. The van der Waals surface area contributed by atoms with E-state index in [1.54, 1.807) is 9.80 Å². The standard InChI is InChI=1S/C14H23N3O4/c1-12(19)16-7-9-17(10-8-16)13(20)15-14(21-11-18)5-3-2-4-6-14/h11H,2-10H2,1H3,(H,15,20). The number of nitrogens with one attached hydrogen (secondary N) is 1. The molecule has 0 bridgehead atoms. The fraction of sp³-hybridized carbons (Fsp3) is 0.786. The molecule has 0 aromatic heterocycles. The molecule has 7 heteroatoms. The van der Waals surface area contributed by atoms with Crippen LogP contribution in [0.4, 0.5) is 4.79 Å². The summed E-state index contributed by atoms with van der Waals surface area (Å²) >= 11 is 0. The van der Waals surface area contributed by atoms with Gasteiger partial charge in [-0.15, -0.1) is 0 Å². The molecule has 1 aliphatic heterocycles. The molecule has 0 aromatic rings. The number of hydrogen-bond donors (Lipinski definition) is 1. The molecule has 1 aliphatic carbocycles. The first-order valence-electron chi connectivity index (χ1n) is 7.50. The van der Waals surface area contributed by atoms with Gasteiger partial charge < -0.3 is 14.5 Å². The van der Waals surface area contributed by atoms with Gasteiger partial charge in [-0.3, -0.25) is 14.9 Å². The summed E-state index contributed by atoms with van der Waals surface area (Å²) in [6.07, 6.45) is 4.28. The predicted molar refractivity (Wildman–Crippen MR) is 75.3 cm³/mol. The second kappa shape index (κ2) is 6.78. The number of urea groups is 1. The third kappa shape index (κ3) is 3.86. The molecule has 0 aromatic carbocycles. The number of piperazine rings is 1. The molecule has 7 nitrogen and oxygen atoms in total. The van der Waals surface area contributed by atoms with E-state index in [2.05, 4.69) is 5.32 Å². The van der Waals surface area contributed by atoms with E-state index in [-0.39, 0.29) is 11.9 Å². The van der Waals surface area contributed by atoms with Crippen LogP contribution in [0.2, 0.25) is 0 Å². The lowest BCUT2D eigenvalue weighted by Gasteiger charge is -2.39. The summed E-state index contributed by atoms with van der Waals surface area (Å²) in [6.45, 7) is 4.05. The SMILES string of the molecule is CC(=O)N1CCN(C(=O)NC2(OC=O)CCCCC2)CC1. The summed E-state index contributed by atoms with van der Waals surface area (Å²) in [5, 5.41) is 2.88. The van der Waals surface area contributed by atoms with Crippen molar-refractivity contribution in [2.45, 2.75) is 44.8 Å². The monoisotopic (exact) mass is 297 g/mol. The zero-order chi connectivity index (χ0) is 15.3. The molecule has 2 fully saturated rings. The van der Waals surface area contributed by atoms with E-state index in [1.807, 2.05) is 0 Å². The summed E-state index contributed by atoms with van der Waals surface area (Å²) in [4.78, 5) is 37.7. The van der Waals surface area contributed by atoms with Crippen molar-refractivity contribution in [1.29, 1.82) is 0 Å². The zero-order valence-electron chi connectivity index (χ0n) is 12.5. The number of hydrogen-bond acceptors (Lipinski definition) is 4. The molecule has 1 saturated heterocycles. The highest BCUT2D eigenvalue weighted by Gasteiger charge is 2.37. The smallest absolute Gasteiger partial charge is 0.320 e. The molecule has 0 radical (unpaired) electrons. The quantitative estimate of drug-likeness (QED) is 0.614. The van der Waals surface area contributed by atoms with Crippen LogP contribution in [-0.4, -0.2) is 60.1 Å². The summed E-state index contributed by atoms with van der Waals surface area (Å²) in [5.41, 5.74) is -0.852. The maximum absolute atomic E-state index is 12.3. The predicted octanol–water partition coefficient (Wildman–Crippen LogP) is 0.693. The fourth-order valence-electron chi connectivity index (χ4n) is 2.99. The second-order valence-electron chi connectivity index (χ2n) is 5.69. The van der Waals surface area contributed by atoms with E-state index in [0.29, 0.717) is 45.5 Å². The van der Waals surface area contributed by atoms with Gasteiger partial charge in [-0.1, -0.05) is 6.42 Å². The molecular weight excluding hydrogens is 274 g/mol. The summed E-state index contributed by atoms with van der Waals surface area (Å²) < 4.78 is 5.19. The van der Waals surface area contributed by atoms with Crippen LogP contribution in [0, 0.1) is 0 Å². The van der Waals surface area contributed by atoms with Gasteiger partial charge in [-0.05, 0) is 12.8 Å². The van der Waals surface area contributed by atoms with Crippen molar-refractivity contribution >= 4 is 18.4 Å². The van der Waals surface area contributed by atoms with Crippen LogP contribution < -0.4 is 5.32 Å². The third-order valence-corrected chi connectivity index (χ3v) is 4.28. The number of amides is 3. The molecule has 1 heterocycles. The largest absolute Gasteiger partial charge is 0.441 e. The van der Waals surface area contributed by atoms with Crippen molar-refractivity contribution in [3.63, 3.8) is 0 Å².